The van der Waals surface area contributed by atoms with E-state index in [2.05, 4.69) is 40.0 Å². The Labute approximate surface area is 179 Å². The SMILES string of the molecule is CCCOc1c(I)cc(/C=N\NC(=O)c2ccc(OCC)cc2)cc1OCC. The van der Waals surface area contributed by atoms with E-state index in [0.29, 0.717) is 31.1 Å². The standard InChI is InChI=1S/C21H25IN2O4/c1-4-11-28-20-18(22)12-15(13-19(20)27-6-3)14-23-24-21(25)16-7-9-17(10-8-16)26-5-2/h7-10,12-14H,4-6,11H2,1-3H3,(H,24,25)/b23-14-. The molecule has 0 heterocycles. The van der Waals surface area contributed by atoms with E-state index in [4.69, 9.17) is 14.2 Å². The third kappa shape index (κ3) is 6.40. The first kappa shape index (κ1) is 22.0. The van der Waals surface area contributed by atoms with Crippen molar-refractivity contribution in [2.75, 3.05) is 19.8 Å². The summed E-state index contributed by atoms with van der Waals surface area (Å²) in [4.78, 5) is 12.2. The smallest absolute Gasteiger partial charge is 0.271 e. The zero-order chi connectivity index (χ0) is 20.4. The van der Waals surface area contributed by atoms with Crippen LogP contribution < -0.4 is 19.6 Å². The maximum Gasteiger partial charge on any atom is 0.271 e. The molecule has 28 heavy (non-hydrogen) atoms. The molecular formula is C21H25IN2O4. The third-order valence-corrected chi connectivity index (χ3v) is 4.39. The van der Waals surface area contributed by atoms with Gasteiger partial charge >= 0.3 is 0 Å². The van der Waals surface area contributed by atoms with Crippen molar-refractivity contribution in [3.63, 3.8) is 0 Å². The van der Waals surface area contributed by atoms with Crippen LogP contribution in [0.1, 0.15) is 43.1 Å². The van der Waals surface area contributed by atoms with Gasteiger partial charge < -0.3 is 14.2 Å². The molecule has 150 valence electrons. The number of ether oxygens (including phenoxy) is 3. The van der Waals surface area contributed by atoms with Gasteiger partial charge in [-0.15, -0.1) is 0 Å². The lowest BCUT2D eigenvalue weighted by atomic mass is 10.2. The molecule has 0 radical (unpaired) electrons. The molecule has 0 spiro atoms. The second kappa shape index (κ2) is 11.5. The molecule has 0 aliphatic heterocycles. The fraction of sp³-hybridized carbons (Fsp3) is 0.333. The number of nitrogens with zero attached hydrogens (tertiary/aromatic N) is 1. The highest BCUT2D eigenvalue weighted by Crippen LogP contribution is 2.34. The first-order chi connectivity index (χ1) is 13.6. The number of carbonyl (C=O) groups is 1. The summed E-state index contributed by atoms with van der Waals surface area (Å²) < 4.78 is 17.8. The van der Waals surface area contributed by atoms with E-state index in [-0.39, 0.29) is 5.91 Å². The number of hydrogen-bond acceptors (Lipinski definition) is 5. The molecule has 0 aliphatic rings. The normalized spacial score (nSPS) is 10.7. The second-order valence-electron chi connectivity index (χ2n) is 5.77. The van der Waals surface area contributed by atoms with Crippen LogP contribution in [0.3, 0.4) is 0 Å². The van der Waals surface area contributed by atoms with Crippen LogP contribution in [0.15, 0.2) is 41.5 Å². The summed E-state index contributed by atoms with van der Waals surface area (Å²) in [5.41, 5.74) is 3.85. The average molecular weight is 496 g/mol. The maximum absolute atomic E-state index is 12.2. The van der Waals surface area contributed by atoms with Gasteiger partial charge in [-0.2, -0.15) is 5.10 Å². The van der Waals surface area contributed by atoms with Gasteiger partial charge in [-0.1, -0.05) is 6.92 Å². The van der Waals surface area contributed by atoms with Gasteiger partial charge in [0, 0.05) is 5.56 Å². The molecule has 2 aromatic rings. The number of rotatable bonds is 10. The van der Waals surface area contributed by atoms with Crippen molar-refractivity contribution < 1.29 is 19.0 Å². The Bertz CT molecular complexity index is 807. The monoisotopic (exact) mass is 496 g/mol. The van der Waals surface area contributed by atoms with E-state index >= 15 is 0 Å². The minimum atomic E-state index is -0.290. The van der Waals surface area contributed by atoms with Crippen LogP contribution in [-0.4, -0.2) is 31.9 Å². The van der Waals surface area contributed by atoms with Crippen LogP contribution in [-0.2, 0) is 0 Å². The van der Waals surface area contributed by atoms with E-state index in [9.17, 15) is 4.79 Å². The van der Waals surface area contributed by atoms with Gasteiger partial charge in [0.05, 0.1) is 29.6 Å². The lowest BCUT2D eigenvalue weighted by molar-refractivity contribution is 0.0955. The molecule has 1 amide bonds. The number of benzene rings is 2. The fourth-order valence-electron chi connectivity index (χ4n) is 2.37. The topological polar surface area (TPSA) is 69.2 Å². The van der Waals surface area contributed by atoms with Crippen LogP contribution in [0.5, 0.6) is 17.2 Å². The number of carbonyl (C=O) groups excluding carboxylic acids is 1. The molecular weight excluding hydrogens is 471 g/mol. The molecule has 0 aliphatic carbocycles. The second-order valence-corrected chi connectivity index (χ2v) is 6.93. The van der Waals surface area contributed by atoms with Crippen molar-refractivity contribution in [1.29, 1.82) is 0 Å². The van der Waals surface area contributed by atoms with E-state index in [0.717, 1.165) is 27.1 Å². The number of hydrazone groups is 1. The minimum absolute atomic E-state index is 0.290. The van der Waals surface area contributed by atoms with Gasteiger partial charge in [0.2, 0.25) is 0 Å². The third-order valence-electron chi connectivity index (χ3n) is 3.59. The molecule has 6 nitrogen and oxygen atoms in total. The van der Waals surface area contributed by atoms with E-state index in [1.165, 1.54) is 0 Å². The Morgan fingerprint density at radius 3 is 2.43 bits per heavy atom. The number of halogens is 1. The molecule has 0 aromatic heterocycles. The zero-order valence-electron chi connectivity index (χ0n) is 16.3. The summed E-state index contributed by atoms with van der Waals surface area (Å²) in [7, 11) is 0. The van der Waals surface area contributed by atoms with Crippen LogP contribution in [0.2, 0.25) is 0 Å². The number of nitrogens with one attached hydrogen (secondary N) is 1. The Balaban J connectivity index is 2.07. The highest BCUT2D eigenvalue weighted by molar-refractivity contribution is 14.1. The zero-order valence-corrected chi connectivity index (χ0v) is 18.5. The molecule has 0 fully saturated rings. The van der Waals surface area contributed by atoms with Crippen molar-refractivity contribution in [3.05, 3.63) is 51.1 Å². The number of amides is 1. The van der Waals surface area contributed by atoms with E-state index < -0.39 is 0 Å². The first-order valence-electron chi connectivity index (χ1n) is 9.24. The van der Waals surface area contributed by atoms with Crippen molar-refractivity contribution in [1.82, 2.24) is 5.43 Å². The average Bonchev–Trinajstić information content (AvgIpc) is 2.68. The van der Waals surface area contributed by atoms with Crippen molar-refractivity contribution in [3.8, 4) is 17.2 Å². The molecule has 0 saturated carbocycles. The Morgan fingerprint density at radius 1 is 1.07 bits per heavy atom. The van der Waals surface area contributed by atoms with Gasteiger partial charge in [-0.3, -0.25) is 4.79 Å². The number of hydrogen-bond donors (Lipinski definition) is 1. The van der Waals surface area contributed by atoms with Gasteiger partial charge in [-0.25, -0.2) is 5.43 Å². The van der Waals surface area contributed by atoms with E-state index in [1.807, 2.05) is 26.0 Å². The highest BCUT2D eigenvalue weighted by Gasteiger charge is 2.11. The molecule has 1 N–H and O–H groups in total. The highest BCUT2D eigenvalue weighted by atomic mass is 127. The van der Waals surface area contributed by atoms with Gasteiger partial charge in [0.15, 0.2) is 11.5 Å². The van der Waals surface area contributed by atoms with Crippen LogP contribution >= 0.6 is 22.6 Å². The quantitative estimate of drug-likeness (QED) is 0.296. The predicted molar refractivity (Wildman–Crippen MR) is 119 cm³/mol. The lowest BCUT2D eigenvalue weighted by Gasteiger charge is -2.14. The fourth-order valence-corrected chi connectivity index (χ4v) is 3.15. The van der Waals surface area contributed by atoms with Crippen LogP contribution in [0, 0.1) is 3.57 Å². The Kier molecular flexibility index (Phi) is 9.06. The van der Waals surface area contributed by atoms with Gasteiger partial charge in [0.25, 0.3) is 5.91 Å². The molecule has 2 rings (SSSR count). The summed E-state index contributed by atoms with van der Waals surface area (Å²) in [6.45, 7) is 7.64. The summed E-state index contributed by atoms with van der Waals surface area (Å²) >= 11 is 2.21. The lowest BCUT2D eigenvalue weighted by Crippen LogP contribution is -2.17. The summed E-state index contributed by atoms with van der Waals surface area (Å²) in [6.07, 6.45) is 2.50. The van der Waals surface area contributed by atoms with Crippen molar-refractivity contribution >= 4 is 34.7 Å². The Morgan fingerprint density at radius 2 is 1.79 bits per heavy atom. The molecule has 0 saturated heterocycles. The maximum atomic E-state index is 12.2. The van der Waals surface area contributed by atoms with Crippen LogP contribution in [0.4, 0.5) is 0 Å². The summed E-state index contributed by atoms with van der Waals surface area (Å²) in [5.74, 6) is 1.84. The minimum Gasteiger partial charge on any atom is -0.494 e. The van der Waals surface area contributed by atoms with Gasteiger partial charge in [0.1, 0.15) is 5.75 Å². The molecule has 0 unspecified atom stereocenters. The summed E-state index contributed by atoms with van der Waals surface area (Å²) in [5, 5.41) is 4.06. The van der Waals surface area contributed by atoms with E-state index in [1.54, 1.807) is 30.5 Å². The first-order valence-corrected chi connectivity index (χ1v) is 10.3. The summed E-state index contributed by atoms with van der Waals surface area (Å²) in [6, 6.07) is 10.7. The Hall–Kier alpha value is -2.29. The van der Waals surface area contributed by atoms with Crippen molar-refractivity contribution in [2.24, 2.45) is 5.10 Å². The predicted octanol–water partition coefficient (Wildman–Crippen LogP) is 4.64. The molecule has 0 bridgehead atoms. The molecule has 7 heteroatoms. The van der Waals surface area contributed by atoms with Crippen LogP contribution in [0.25, 0.3) is 0 Å². The molecule has 2 aromatic carbocycles. The molecule has 0 atom stereocenters. The van der Waals surface area contributed by atoms with Crippen molar-refractivity contribution in [2.45, 2.75) is 27.2 Å². The largest absolute Gasteiger partial charge is 0.494 e. The van der Waals surface area contributed by atoms with Gasteiger partial charge in [-0.05, 0) is 84.8 Å².